The number of rotatable bonds is 4. The molecule has 1 amide bonds. The number of carbonyl (C=O) groups is 1. The third kappa shape index (κ3) is 3.28. The summed E-state index contributed by atoms with van der Waals surface area (Å²) in [7, 11) is 1.60. The quantitative estimate of drug-likeness (QED) is 0.734. The fraction of sp³-hybridized carbons (Fsp3) is 0.211. The first-order valence-corrected chi connectivity index (χ1v) is 8.01. The Hall–Kier alpha value is -3.02. The molecule has 0 unspecified atom stereocenters. The van der Waals surface area contributed by atoms with Gasteiger partial charge in [-0.15, -0.1) is 0 Å². The third-order valence-electron chi connectivity index (χ3n) is 4.04. The number of benzene rings is 2. The summed E-state index contributed by atoms with van der Waals surface area (Å²) in [6.45, 7) is 2.71. The van der Waals surface area contributed by atoms with Gasteiger partial charge in [0, 0.05) is 25.5 Å². The SMILES string of the molecule is CCn1nc(C(=O)N(C)Cc2ccc(F)cc2)c(=O)c2ccccc21. The largest absolute Gasteiger partial charge is 0.336 e. The average molecular weight is 339 g/mol. The zero-order valence-electron chi connectivity index (χ0n) is 14.1. The Bertz CT molecular complexity index is 980. The molecule has 0 aliphatic carbocycles. The minimum atomic E-state index is -0.456. The number of para-hydroxylation sites is 1. The predicted octanol–water partition coefficient (Wildman–Crippen LogP) is 2.83. The number of halogens is 1. The maximum absolute atomic E-state index is 13.0. The lowest BCUT2D eigenvalue weighted by Gasteiger charge is -2.17. The maximum atomic E-state index is 13.0. The Morgan fingerprint density at radius 3 is 2.52 bits per heavy atom. The smallest absolute Gasteiger partial charge is 0.278 e. The molecule has 2 aromatic carbocycles. The first kappa shape index (κ1) is 16.8. The Morgan fingerprint density at radius 1 is 1.16 bits per heavy atom. The van der Waals surface area contributed by atoms with E-state index in [0.717, 1.165) is 5.56 Å². The predicted molar refractivity (Wildman–Crippen MR) is 93.9 cm³/mol. The summed E-state index contributed by atoms with van der Waals surface area (Å²) in [5, 5.41) is 4.72. The van der Waals surface area contributed by atoms with Crippen molar-refractivity contribution in [2.75, 3.05) is 7.05 Å². The molecular formula is C19H18FN3O2. The molecule has 0 atom stereocenters. The lowest BCUT2D eigenvalue weighted by atomic mass is 10.1. The van der Waals surface area contributed by atoms with Crippen LogP contribution in [0.15, 0.2) is 53.3 Å². The normalized spacial score (nSPS) is 10.8. The van der Waals surface area contributed by atoms with Gasteiger partial charge in [0.15, 0.2) is 5.69 Å². The van der Waals surface area contributed by atoms with Crippen molar-refractivity contribution >= 4 is 16.8 Å². The number of fused-ring (bicyclic) bond motifs is 1. The summed E-state index contributed by atoms with van der Waals surface area (Å²) in [5.41, 5.74) is 0.989. The van der Waals surface area contributed by atoms with E-state index in [2.05, 4.69) is 5.10 Å². The summed E-state index contributed by atoms with van der Waals surface area (Å²) in [4.78, 5) is 26.8. The van der Waals surface area contributed by atoms with Crippen LogP contribution in [0, 0.1) is 5.82 Å². The van der Waals surface area contributed by atoms with Gasteiger partial charge in [0.2, 0.25) is 5.43 Å². The van der Waals surface area contributed by atoms with Gasteiger partial charge in [-0.1, -0.05) is 24.3 Å². The fourth-order valence-corrected chi connectivity index (χ4v) is 2.74. The second-order valence-electron chi connectivity index (χ2n) is 5.80. The zero-order chi connectivity index (χ0) is 18.0. The van der Waals surface area contributed by atoms with Gasteiger partial charge in [-0.3, -0.25) is 14.3 Å². The van der Waals surface area contributed by atoms with Gasteiger partial charge in [0.05, 0.1) is 5.52 Å². The summed E-state index contributed by atoms with van der Waals surface area (Å²) in [5.74, 6) is -0.790. The molecule has 6 heteroatoms. The van der Waals surface area contributed by atoms with E-state index in [-0.39, 0.29) is 23.5 Å². The van der Waals surface area contributed by atoms with Crippen molar-refractivity contribution in [1.29, 1.82) is 0 Å². The molecule has 5 nitrogen and oxygen atoms in total. The lowest BCUT2D eigenvalue weighted by molar-refractivity contribution is 0.0775. The van der Waals surface area contributed by atoms with E-state index in [1.54, 1.807) is 36.0 Å². The number of carbonyl (C=O) groups excluding carboxylic acids is 1. The minimum Gasteiger partial charge on any atom is -0.336 e. The molecule has 3 rings (SSSR count). The number of aromatic nitrogens is 2. The Kier molecular flexibility index (Phi) is 4.61. The number of amides is 1. The van der Waals surface area contributed by atoms with Crippen molar-refractivity contribution in [2.45, 2.75) is 20.0 Å². The molecular weight excluding hydrogens is 321 g/mol. The van der Waals surface area contributed by atoms with Crippen LogP contribution in [0.1, 0.15) is 23.0 Å². The van der Waals surface area contributed by atoms with Gasteiger partial charge in [-0.2, -0.15) is 5.10 Å². The summed E-state index contributed by atoms with van der Waals surface area (Å²) >= 11 is 0. The van der Waals surface area contributed by atoms with E-state index >= 15 is 0 Å². The monoisotopic (exact) mass is 339 g/mol. The van der Waals surface area contributed by atoms with E-state index in [4.69, 9.17) is 0 Å². The van der Waals surface area contributed by atoms with Crippen LogP contribution in [0.5, 0.6) is 0 Å². The van der Waals surface area contributed by atoms with Gasteiger partial charge in [-0.25, -0.2) is 4.39 Å². The second-order valence-corrected chi connectivity index (χ2v) is 5.80. The Morgan fingerprint density at radius 2 is 1.84 bits per heavy atom. The molecule has 1 aromatic heterocycles. The van der Waals surface area contributed by atoms with Crippen LogP contribution in [0.2, 0.25) is 0 Å². The van der Waals surface area contributed by atoms with E-state index in [1.165, 1.54) is 17.0 Å². The summed E-state index contributed by atoms with van der Waals surface area (Å²) in [6.07, 6.45) is 0. The first-order chi connectivity index (χ1) is 12.0. The van der Waals surface area contributed by atoms with E-state index in [1.807, 2.05) is 19.1 Å². The van der Waals surface area contributed by atoms with Crippen molar-refractivity contribution in [1.82, 2.24) is 14.7 Å². The highest BCUT2D eigenvalue weighted by Crippen LogP contribution is 2.12. The van der Waals surface area contributed by atoms with Crippen LogP contribution in [-0.2, 0) is 13.1 Å². The molecule has 0 bridgehead atoms. The highest BCUT2D eigenvalue weighted by molar-refractivity contribution is 5.95. The molecule has 0 aliphatic rings. The molecule has 0 N–H and O–H groups in total. The molecule has 0 spiro atoms. The zero-order valence-corrected chi connectivity index (χ0v) is 14.1. The summed E-state index contributed by atoms with van der Waals surface area (Å²) < 4.78 is 14.6. The Balaban J connectivity index is 1.97. The average Bonchev–Trinajstić information content (AvgIpc) is 2.63. The van der Waals surface area contributed by atoms with E-state index in [0.29, 0.717) is 17.4 Å². The molecule has 0 aliphatic heterocycles. The fourth-order valence-electron chi connectivity index (χ4n) is 2.74. The van der Waals surface area contributed by atoms with Crippen molar-refractivity contribution < 1.29 is 9.18 Å². The number of aryl methyl sites for hydroxylation is 1. The van der Waals surface area contributed by atoms with Gasteiger partial charge in [0.1, 0.15) is 5.82 Å². The van der Waals surface area contributed by atoms with Crippen LogP contribution in [0.3, 0.4) is 0 Å². The number of hydrogen-bond donors (Lipinski definition) is 0. The van der Waals surface area contributed by atoms with Crippen LogP contribution in [0.25, 0.3) is 10.9 Å². The molecule has 0 fully saturated rings. The van der Waals surface area contributed by atoms with Crippen molar-refractivity contribution in [3.63, 3.8) is 0 Å². The number of hydrogen-bond acceptors (Lipinski definition) is 3. The number of nitrogens with zero attached hydrogens (tertiary/aromatic N) is 3. The third-order valence-corrected chi connectivity index (χ3v) is 4.04. The van der Waals surface area contributed by atoms with Crippen LogP contribution < -0.4 is 5.43 Å². The van der Waals surface area contributed by atoms with Crippen molar-refractivity contribution in [3.05, 3.63) is 75.8 Å². The van der Waals surface area contributed by atoms with Gasteiger partial charge >= 0.3 is 0 Å². The van der Waals surface area contributed by atoms with Gasteiger partial charge < -0.3 is 4.90 Å². The standard InChI is InChI=1S/C19H18FN3O2/c1-3-23-16-7-5-4-6-15(16)18(24)17(21-23)19(25)22(2)12-13-8-10-14(20)11-9-13/h4-11H,3,12H2,1-2H3. The maximum Gasteiger partial charge on any atom is 0.278 e. The molecule has 25 heavy (non-hydrogen) atoms. The van der Waals surface area contributed by atoms with E-state index in [9.17, 15) is 14.0 Å². The highest BCUT2D eigenvalue weighted by atomic mass is 19.1. The van der Waals surface area contributed by atoms with Crippen LogP contribution in [0.4, 0.5) is 4.39 Å². The van der Waals surface area contributed by atoms with Crippen molar-refractivity contribution in [2.24, 2.45) is 0 Å². The van der Waals surface area contributed by atoms with Gasteiger partial charge in [-0.05, 0) is 36.8 Å². The molecule has 0 radical (unpaired) electrons. The molecule has 0 saturated carbocycles. The topological polar surface area (TPSA) is 55.2 Å². The van der Waals surface area contributed by atoms with Crippen LogP contribution in [-0.4, -0.2) is 27.6 Å². The minimum absolute atomic E-state index is 0.106. The van der Waals surface area contributed by atoms with Crippen LogP contribution >= 0.6 is 0 Å². The molecule has 128 valence electrons. The second kappa shape index (κ2) is 6.84. The molecule has 0 saturated heterocycles. The first-order valence-electron chi connectivity index (χ1n) is 8.01. The summed E-state index contributed by atoms with van der Waals surface area (Å²) in [6, 6.07) is 13.0. The van der Waals surface area contributed by atoms with Gasteiger partial charge in [0.25, 0.3) is 5.91 Å². The Labute approximate surface area is 144 Å². The van der Waals surface area contributed by atoms with Crippen molar-refractivity contribution in [3.8, 4) is 0 Å². The highest BCUT2D eigenvalue weighted by Gasteiger charge is 2.20. The molecule has 1 heterocycles. The van der Waals surface area contributed by atoms with E-state index < -0.39 is 5.91 Å². The lowest BCUT2D eigenvalue weighted by Crippen LogP contribution is -2.33. The molecule has 3 aromatic rings.